The maximum atomic E-state index is 14.3. The van der Waals surface area contributed by atoms with Gasteiger partial charge in [-0.05, 0) is 30.3 Å². The molecule has 1 aliphatic rings. The summed E-state index contributed by atoms with van der Waals surface area (Å²) in [5.41, 5.74) is 0.978. The fourth-order valence-electron chi connectivity index (χ4n) is 2.45. The van der Waals surface area contributed by atoms with Crippen LogP contribution in [0.5, 0.6) is 5.75 Å². The third kappa shape index (κ3) is 2.92. The Bertz CT molecular complexity index is 790. The summed E-state index contributed by atoms with van der Waals surface area (Å²) >= 11 is 0. The molecule has 3 rings (SSSR count). The van der Waals surface area contributed by atoms with E-state index >= 15 is 0 Å². The highest BCUT2D eigenvalue weighted by Gasteiger charge is 2.25. The van der Waals surface area contributed by atoms with Gasteiger partial charge in [0.2, 0.25) is 0 Å². The number of rotatable bonds is 3. The first-order valence-electron chi connectivity index (χ1n) is 7.08. The van der Waals surface area contributed by atoms with Crippen molar-refractivity contribution in [3.63, 3.8) is 0 Å². The van der Waals surface area contributed by atoms with E-state index < -0.39 is 17.5 Å². The van der Waals surface area contributed by atoms with Gasteiger partial charge in [-0.1, -0.05) is 12.1 Å². The molecule has 0 saturated carbocycles. The molecule has 6 heteroatoms. The number of hydrazone groups is 1. The van der Waals surface area contributed by atoms with Gasteiger partial charge < -0.3 is 4.74 Å². The molecule has 0 fully saturated rings. The second-order valence-corrected chi connectivity index (χ2v) is 5.06. The first kappa shape index (κ1) is 15.1. The molecule has 1 aliphatic heterocycles. The summed E-state index contributed by atoms with van der Waals surface area (Å²) < 4.78 is 32.4. The van der Waals surface area contributed by atoms with Crippen molar-refractivity contribution in [2.24, 2.45) is 5.10 Å². The first-order valence-corrected chi connectivity index (χ1v) is 7.08. The number of nitrogens with zero attached hydrogens (tertiary/aromatic N) is 2. The van der Waals surface area contributed by atoms with E-state index in [-0.39, 0.29) is 11.3 Å². The molecule has 0 atom stereocenters. The molecule has 2 aromatic carbocycles. The standard InChI is InChI=1S/C17H14F2N2O2/c1-23-15-7-3-6-13(16(15)19)14-8-9-21(20-14)17(22)11-4-2-5-12(18)10-11/h2-7,10H,8-9H2,1H3. The summed E-state index contributed by atoms with van der Waals surface area (Å²) in [5, 5.41) is 5.41. The molecule has 0 radical (unpaired) electrons. The van der Waals surface area contributed by atoms with E-state index in [2.05, 4.69) is 5.10 Å². The minimum atomic E-state index is -0.506. The van der Waals surface area contributed by atoms with E-state index in [1.807, 2.05) is 0 Å². The molecule has 1 heterocycles. The molecule has 118 valence electrons. The van der Waals surface area contributed by atoms with Crippen LogP contribution in [0.15, 0.2) is 47.6 Å². The molecular weight excluding hydrogens is 302 g/mol. The Morgan fingerprint density at radius 3 is 2.74 bits per heavy atom. The van der Waals surface area contributed by atoms with Crippen molar-refractivity contribution in [2.45, 2.75) is 6.42 Å². The number of methoxy groups -OCH3 is 1. The van der Waals surface area contributed by atoms with Crippen molar-refractivity contribution < 1.29 is 18.3 Å². The summed E-state index contributed by atoms with van der Waals surface area (Å²) in [7, 11) is 1.39. The third-order valence-electron chi connectivity index (χ3n) is 3.60. The van der Waals surface area contributed by atoms with Gasteiger partial charge in [-0.3, -0.25) is 4.79 Å². The molecule has 0 aromatic heterocycles. The SMILES string of the molecule is COc1cccc(C2=NN(C(=O)c3cccc(F)c3)CC2)c1F. The average Bonchev–Trinajstić information content (AvgIpc) is 3.04. The summed E-state index contributed by atoms with van der Waals surface area (Å²) in [6, 6.07) is 10.2. The Morgan fingerprint density at radius 1 is 1.22 bits per heavy atom. The topological polar surface area (TPSA) is 41.9 Å². The molecule has 0 unspecified atom stereocenters. The number of hydrogen-bond acceptors (Lipinski definition) is 3. The van der Waals surface area contributed by atoms with E-state index in [0.717, 1.165) is 6.07 Å². The maximum Gasteiger partial charge on any atom is 0.274 e. The van der Waals surface area contributed by atoms with Crippen molar-refractivity contribution >= 4 is 11.6 Å². The zero-order valence-corrected chi connectivity index (χ0v) is 12.4. The summed E-state index contributed by atoms with van der Waals surface area (Å²) in [6.45, 7) is 0.321. The first-order chi connectivity index (χ1) is 11.1. The van der Waals surface area contributed by atoms with Gasteiger partial charge in [0.25, 0.3) is 5.91 Å². The largest absolute Gasteiger partial charge is 0.494 e. The fraction of sp³-hybridized carbons (Fsp3) is 0.176. The van der Waals surface area contributed by atoms with Crippen molar-refractivity contribution in [3.8, 4) is 5.75 Å². The van der Waals surface area contributed by atoms with E-state index in [1.54, 1.807) is 12.1 Å². The summed E-state index contributed by atoms with van der Waals surface area (Å²) in [6.07, 6.45) is 0.422. The second-order valence-electron chi connectivity index (χ2n) is 5.06. The van der Waals surface area contributed by atoms with Crippen LogP contribution in [0.4, 0.5) is 8.78 Å². The summed E-state index contributed by atoms with van der Waals surface area (Å²) in [5.74, 6) is -1.28. The van der Waals surface area contributed by atoms with Crippen LogP contribution in [0.3, 0.4) is 0 Å². The third-order valence-corrected chi connectivity index (χ3v) is 3.60. The molecule has 0 saturated heterocycles. The average molecular weight is 316 g/mol. The highest BCUT2D eigenvalue weighted by molar-refractivity contribution is 6.04. The molecule has 0 aliphatic carbocycles. The van der Waals surface area contributed by atoms with Gasteiger partial charge in [0.05, 0.1) is 19.4 Å². The number of carbonyl (C=O) groups excluding carboxylic acids is 1. The zero-order valence-electron chi connectivity index (χ0n) is 12.4. The van der Waals surface area contributed by atoms with E-state index in [4.69, 9.17) is 4.74 Å². The molecule has 23 heavy (non-hydrogen) atoms. The molecule has 1 amide bonds. The van der Waals surface area contributed by atoms with E-state index in [9.17, 15) is 13.6 Å². The van der Waals surface area contributed by atoms with Crippen LogP contribution < -0.4 is 4.74 Å². The Balaban J connectivity index is 1.88. The van der Waals surface area contributed by atoms with Gasteiger partial charge in [0.1, 0.15) is 5.82 Å². The van der Waals surface area contributed by atoms with Crippen LogP contribution in [0.2, 0.25) is 0 Å². The van der Waals surface area contributed by atoms with Crippen LogP contribution in [-0.2, 0) is 0 Å². The van der Waals surface area contributed by atoms with Crippen LogP contribution in [0.1, 0.15) is 22.3 Å². The van der Waals surface area contributed by atoms with Gasteiger partial charge in [0, 0.05) is 17.5 Å². The highest BCUT2D eigenvalue weighted by Crippen LogP contribution is 2.24. The van der Waals surface area contributed by atoms with Crippen molar-refractivity contribution in [1.29, 1.82) is 0 Å². The van der Waals surface area contributed by atoms with Crippen molar-refractivity contribution in [1.82, 2.24) is 5.01 Å². The molecule has 0 N–H and O–H groups in total. The van der Waals surface area contributed by atoms with Gasteiger partial charge in [-0.25, -0.2) is 13.8 Å². The Labute approximate surface area is 132 Å². The predicted molar refractivity (Wildman–Crippen MR) is 81.5 cm³/mol. The lowest BCUT2D eigenvalue weighted by Crippen LogP contribution is -2.23. The Kier molecular flexibility index (Phi) is 4.06. The van der Waals surface area contributed by atoms with Gasteiger partial charge >= 0.3 is 0 Å². The van der Waals surface area contributed by atoms with E-state index in [0.29, 0.717) is 24.2 Å². The number of amides is 1. The van der Waals surface area contributed by atoms with Crippen LogP contribution >= 0.6 is 0 Å². The number of ether oxygens (including phenoxy) is 1. The van der Waals surface area contributed by atoms with Crippen LogP contribution in [0.25, 0.3) is 0 Å². The Hall–Kier alpha value is -2.76. The number of carbonyl (C=O) groups is 1. The quantitative estimate of drug-likeness (QED) is 0.872. The number of benzene rings is 2. The van der Waals surface area contributed by atoms with Crippen LogP contribution in [-0.4, -0.2) is 30.3 Å². The van der Waals surface area contributed by atoms with E-state index in [1.165, 1.54) is 36.4 Å². The highest BCUT2D eigenvalue weighted by atomic mass is 19.1. The lowest BCUT2D eigenvalue weighted by Gasteiger charge is -2.11. The molecule has 2 aromatic rings. The maximum absolute atomic E-state index is 14.3. The number of halogens is 2. The summed E-state index contributed by atoms with van der Waals surface area (Å²) in [4.78, 5) is 12.3. The van der Waals surface area contributed by atoms with Gasteiger partial charge in [0.15, 0.2) is 11.6 Å². The molecule has 0 bridgehead atoms. The Morgan fingerprint density at radius 2 is 2.00 bits per heavy atom. The van der Waals surface area contributed by atoms with Crippen molar-refractivity contribution in [3.05, 3.63) is 65.2 Å². The van der Waals surface area contributed by atoms with Crippen LogP contribution in [0, 0.1) is 11.6 Å². The fourth-order valence-corrected chi connectivity index (χ4v) is 2.45. The second kappa shape index (κ2) is 6.16. The lowest BCUT2D eigenvalue weighted by molar-refractivity contribution is 0.0778. The minimum Gasteiger partial charge on any atom is -0.494 e. The molecule has 0 spiro atoms. The molecule has 4 nitrogen and oxygen atoms in total. The smallest absolute Gasteiger partial charge is 0.274 e. The van der Waals surface area contributed by atoms with Crippen molar-refractivity contribution in [2.75, 3.05) is 13.7 Å². The minimum absolute atomic E-state index is 0.125. The lowest BCUT2D eigenvalue weighted by atomic mass is 10.1. The normalized spacial score (nSPS) is 13.9. The predicted octanol–water partition coefficient (Wildman–Crippen LogP) is 3.22. The molecular formula is C17H14F2N2O2. The monoisotopic (exact) mass is 316 g/mol. The zero-order chi connectivity index (χ0) is 16.4. The van der Waals surface area contributed by atoms with Gasteiger partial charge in [-0.15, -0.1) is 0 Å². The number of hydrogen-bond donors (Lipinski definition) is 0. The van der Waals surface area contributed by atoms with Gasteiger partial charge in [-0.2, -0.15) is 5.10 Å².